The van der Waals surface area contributed by atoms with Crippen molar-refractivity contribution in [1.29, 1.82) is 0 Å². The van der Waals surface area contributed by atoms with Crippen LogP contribution in [0, 0.1) is 50.2 Å². The topological polar surface area (TPSA) is 551 Å². The Morgan fingerprint density at radius 2 is 1.02 bits per heavy atom. The maximum absolute atomic E-state index is 15.7. The van der Waals surface area contributed by atoms with Crippen molar-refractivity contribution in [2.24, 2.45) is 50.2 Å². The van der Waals surface area contributed by atoms with Crippen molar-refractivity contribution >= 4 is 5.97 Å². The number of hydrogen-bond donors (Lipinski definition) is 20. The van der Waals surface area contributed by atoms with Gasteiger partial charge in [-0.25, -0.2) is 0 Å². The third-order valence-electron chi connectivity index (χ3n) is 26.5. The summed E-state index contributed by atoms with van der Waals surface area (Å²) in [6.07, 6.45) is -43.4. The van der Waals surface area contributed by atoms with E-state index in [1.807, 2.05) is 0 Å². The van der Waals surface area contributed by atoms with E-state index in [1.165, 1.54) is 6.92 Å². The molecule has 0 radical (unpaired) electrons. The van der Waals surface area contributed by atoms with Crippen LogP contribution in [0.3, 0.4) is 0 Å². The Morgan fingerprint density at radius 3 is 1.63 bits per heavy atom. The zero-order chi connectivity index (χ0) is 75.0. The zero-order valence-corrected chi connectivity index (χ0v) is 58.8. The average Bonchev–Trinajstić information content (AvgIpc) is 1.14. The number of aliphatic hydroxyl groups excluding tert-OH is 18. The molecule has 7 saturated heterocycles. The van der Waals surface area contributed by atoms with E-state index >= 15 is 4.79 Å². The number of carbonyl (C=O) groups excluding carboxylic acids is 1. The molecule has 0 bridgehead atoms. The third-order valence-corrected chi connectivity index (χ3v) is 26.5. The third kappa shape index (κ3) is 13.6. The summed E-state index contributed by atoms with van der Waals surface area (Å²) in [5.74, 6) is -1.57. The zero-order valence-electron chi connectivity index (χ0n) is 58.8. The summed E-state index contributed by atoms with van der Waals surface area (Å²) >= 11 is 0. The Hall–Kier alpha value is -2.11. The molecule has 35 heteroatoms. The van der Waals surface area contributed by atoms with E-state index in [-0.39, 0.29) is 23.7 Å². The summed E-state index contributed by atoms with van der Waals surface area (Å²) in [5.41, 5.74) is -7.80. The first-order valence-corrected chi connectivity index (χ1v) is 36.0. The summed E-state index contributed by atoms with van der Waals surface area (Å²) in [4.78, 5) is 15.7. The minimum Gasteiger partial charge on any atom is -0.432 e. The Kier molecular flexibility index (Phi) is 23.3. The number of allylic oxidation sites excluding steroid dienone is 2. The van der Waals surface area contributed by atoms with E-state index in [0.29, 0.717) is 51.4 Å². The summed E-state index contributed by atoms with van der Waals surface area (Å²) in [6.45, 7) is 7.80. The van der Waals surface area contributed by atoms with Crippen molar-refractivity contribution in [3.8, 4) is 0 Å². The molecule has 0 aromatic rings. The lowest BCUT2D eigenvalue weighted by Gasteiger charge is -2.72. The molecule has 103 heavy (non-hydrogen) atoms. The lowest BCUT2D eigenvalue weighted by molar-refractivity contribution is -0.383. The molecular weight excluding hydrogens is 1380 g/mol. The Labute approximate surface area is 594 Å². The first-order chi connectivity index (χ1) is 48.4. The van der Waals surface area contributed by atoms with Crippen molar-refractivity contribution in [3.63, 3.8) is 0 Å². The molecule has 5 aliphatic carbocycles. The summed E-state index contributed by atoms with van der Waals surface area (Å²) in [7, 11) is 0. The molecule has 592 valence electrons. The van der Waals surface area contributed by atoms with Crippen LogP contribution in [0.2, 0.25) is 0 Å². The van der Waals surface area contributed by atoms with E-state index < -0.39 is 288 Å². The van der Waals surface area contributed by atoms with Gasteiger partial charge in [0, 0.05) is 5.41 Å². The molecule has 0 aromatic carbocycles. The molecule has 0 aromatic heterocycles. The normalized spacial score (nSPS) is 55.0. The minimum atomic E-state index is -2.24. The van der Waals surface area contributed by atoms with Crippen LogP contribution >= 0.6 is 0 Å². The van der Waals surface area contributed by atoms with Crippen molar-refractivity contribution in [3.05, 3.63) is 11.6 Å². The van der Waals surface area contributed by atoms with Crippen LogP contribution in [0.25, 0.3) is 0 Å². The SMILES string of the molecule is C[C@@H]1O[C@@H](O[C@H]2[C@H](OC(=O)[C@]34CCC(C)(C)C[C@@H]3C3=CC[C@@H]5[C@@]6(C)C[C@H](O)[C@H](O[C@@H]7O[C@H](CO)[C@@H](O)[C@H](O[C@@H]8O[C@H](CO)[C@@H](O)[C@H](O)[C@H]8O)[C@H]7O)[C@@](C)(CO)[C@@H]6CC[C@@]5(C)[C@]3(C)CC4)OC[C@H](O)[C@H]2O)[C@H](O)[C@H](O[C@@H]2OC[C@@](O)(CO)[C@H]2O)[C@H]1O[C@@H]1OC[C@@H](O)[C@H](O[C@@H]2OC[C@@](O)(CO)[C@H]2O)[C@H]1O. The fraction of sp³-hybridized carbons (Fsp3) is 0.956. The smallest absolute Gasteiger partial charge is 0.315 e. The average molecular weight is 1490 g/mol. The number of ether oxygens (including phenoxy) is 14. The molecule has 12 rings (SSSR count). The van der Waals surface area contributed by atoms with Crippen LogP contribution in [0.15, 0.2) is 11.6 Å². The van der Waals surface area contributed by atoms with Crippen LogP contribution in [0.5, 0.6) is 0 Å². The number of hydrogen-bond acceptors (Lipinski definition) is 35. The molecule has 20 N–H and O–H groups in total. The largest absolute Gasteiger partial charge is 0.432 e. The van der Waals surface area contributed by atoms with Gasteiger partial charge >= 0.3 is 5.97 Å². The van der Waals surface area contributed by atoms with Crippen LogP contribution in [0.1, 0.15) is 106 Å². The highest BCUT2D eigenvalue weighted by Crippen LogP contribution is 2.76. The number of carbonyl (C=O) groups is 1. The Morgan fingerprint density at radius 1 is 0.485 bits per heavy atom. The first-order valence-electron chi connectivity index (χ1n) is 36.0. The lowest BCUT2D eigenvalue weighted by Crippen LogP contribution is -2.70. The van der Waals surface area contributed by atoms with Gasteiger partial charge in [0.2, 0.25) is 6.29 Å². The molecule has 35 nitrogen and oxygen atoms in total. The Bertz CT molecular complexity index is 2960. The standard InChI is InChI=1S/C68H110O35/c1-27-45(97-53-42(82)46(32(76)21-90-53)98-58-50(85)67(88,23-72)25-92-58)48(100-59-51(86)68(89,24-73)26-93-59)44(84)55(94-27)101-49-37(77)31(75)20-91-57(49)103-60(87)66-14-12-61(2,3)16-29(66)28-8-9-36-62(4)17-30(74)52(63(5,22-71)35(62)10-11-65(36,7)64(28,6)13-15-66)102-56-43(83)47(39(79)34(19-70)96-56)99-54-41(81)40(80)38(78)33(18-69)95-54/h8,27,29-59,69-86,88-89H,9-26H2,1-7H3/t27-,29+,30-,31-,32+,33+,34+,35+,36+,37+,38+,39+,40-,41+,42+,43+,44+,45-,46-,47-,48-,49+,50-,51-,52-,53-,54-,55-,56-,57-,58-,59-,62-,63-,64+,65+,66-,67-,68-/m0/s1. The van der Waals surface area contributed by atoms with E-state index in [1.54, 1.807) is 6.92 Å². The number of aliphatic hydroxyl groups is 20. The van der Waals surface area contributed by atoms with Gasteiger partial charge in [0.15, 0.2) is 43.8 Å². The van der Waals surface area contributed by atoms with E-state index in [4.69, 9.17) is 66.3 Å². The first kappa shape index (κ1) is 80.4. The summed E-state index contributed by atoms with van der Waals surface area (Å²) < 4.78 is 83.7. The Balaban J connectivity index is 0.770. The van der Waals surface area contributed by atoms with Crippen LogP contribution in [0.4, 0.5) is 0 Å². The van der Waals surface area contributed by atoms with Gasteiger partial charge in [-0.3, -0.25) is 4.79 Å². The van der Waals surface area contributed by atoms with Crippen molar-refractivity contribution in [1.82, 2.24) is 0 Å². The predicted molar refractivity (Wildman–Crippen MR) is 338 cm³/mol. The fourth-order valence-electron chi connectivity index (χ4n) is 20.0. The quantitative estimate of drug-likeness (QED) is 0.0325. The fourth-order valence-corrected chi connectivity index (χ4v) is 20.0. The molecule has 0 spiro atoms. The highest BCUT2D eigenvalue weighted by Gasteiger charge is 2.72. The summed E-state index contributed by atoms with van der Waals surface area (Å²) in [6, 6.07) is 0. The second-order valence-corrected chi connectivity index (χ2v) is 33.2. The molecule has 7 heterocycles. The van der Waals surface area contributed by atoms with Crippen molar-refractivity contribution < 1.29 is 173 Å². The maximum Gasteiger partial charge on any atom is 0.315 e. The van der Waals surface area contributed by atoms with E-state index in [2.05, 4.69) is 40.7 Å². The molecule has 4 saturated carbocycles. The van der Waals surface area contributed by atoms with Gasteiger partial charge in [-0.05, 0) is 104 Å². The van der Waals surface area contributed by atoms with Gasteiger partial charge in [0.25, 0.3) is 0 Å². The van der Waals surface area contributed by atoms with E-state index in [9.17, 15) is 102 Å². The minimum absolute atomic E-state index is 0.140. The van der Waals surface area contributed by atoms with Gasteiger partial charge < -0.3 is 168 Å². The van der Waals surface area contributed by atoms with Crippen LogP contribution in [-0.2, 0) is 71.1 Å². The number of fused-ring (bicyclic) bond motifs is 7. The molecule has 12 aliphatic rings. The predicted octanol–water partition coefficient (Wildman–Crippen LogP) is -7.03. The second-order valence-electron chi connectivity index (χ2n) is 33.2. The number of esters is 1. The van der Waals surface area contributed by atoms with Crippen molar-refractivity contribution in [2.45, 2.75) is 296 Å². The molecular formula is C68H110O35. The molecule has 11 fully saturated rings. The lowest BCUT2D eigenvalue weighted by atomic mass is 9.33. The summed E-state index contributed by atoms with van der Waals surface area (Å²) in [5, 5.41) is 221. The van der Waals surface area contributed by atoms with Gasteiger partial charge in [-0.1, -0.05) is 53.2 Å². The highest BCUT2D eigenvalue weighted by molar-refractivity contribution is 5.79. The van der Waals surface area contributed by atoms with Gasteiger partial charge in [-0.15, -0.1) is 0 Å². The van der Waals surface area contributed by atoms with Crippen molar-refractivity contribution in [2.75, 3.05) is 59.5 Å². The second kappa shape index (κ2) is 29.9. The van der Waals surface area contributed by atoms with Gasteiger partial charge in [0.05, 0.1) is 83.2 Å². The monoisotopic (exact) mass is 1490 g/mol. The molecule has 0 amide bonds. The van der Waals surface area contributed by atoms with Crippen LogP contribution in [-0.4, -0.2) is 357 Å². The van der Waals surface area contributed by atoms with Crippen LogP contribution < -0.4 is 0 Å². The van der Waals surface area contributed by atoms with Gasteiger partial charge in [0.1, 0.15) is 121 Å². The maximum atomic E-state index is 15.7. The highest BCUT2D eigenvalue weighted by atomic mass is 16.8. The van der Waals surface area contributed by atoms with E-state index in [0.717, 1.165) is 5.57 Å². The molecule has 0 unspecified atom stereocenters. The number of rotatable bonds is 19. The molecule has 39 atom stereocenters. The van der Waals surface area contributed by atoms with Gasteiger partial charge in [-0.2, -0.15) is 0 Å². The molecule has 7 aliphatic heterocycles.